The zero-order valence-corrected chi connectivity index (χ0v) is 20.4. The Morgan fingerprint density at radius 1 is 1.17 bits per heavy atom. The Labute approximate surface area is 209 Å². The van der Waals surface area contributed by atoms with Crippen LogP contribution in [0.2, 0.25) is 0 Å². The molecule has 36 heavy (non-hydrogen) atoms. The molecule has 0 aliphatic carbocycles. The van der Waals surface area contributed by atoms with Crippen LogP contribution in [0.4, 0.5) is 10.6 Å². The third-order valence-electron chi connectivity index (χ3n) is 5.50. The molecule has 2 aliphatic rings. The monoisotopic (exact) mass is 497 g/mol. The molecule has 0 fully saturated rings. The number of nitrogens with one attached hydrogen (secondary N) is 1. The van der Waals surface area contributed by atoms with Gasteiger partial charge >= 0.3 is 18.0 Å². The molecule has 0 saturated carbocycles. The number of carboxylic acids is 2. The summed E-state index contributed by atoms with van der Waals surface area (Å²) in [6, 6.07) is 10.4. The minimum atomic E-state index is -1.26. The first-order valence-corrected chi connectivity index (χ1v) is 11.8. The lowest BCUT2D eigenvalue weighted by atomic mass is 9.97. The van der Waals surface area contributed by atoms with Gasteiger partial charge in [0.1, 0.15) is 18.1 Å². The van der Waals surface area contributed by atoms with Gasteiger partial charge in [-0.1, -0.05) is 37.3 Å². The number of carbonyl (C=O) groups excluding carboxylic acids is 1. The quantitative estimate of drug-likeness (QED) is 0.451. The van der Waals surface area contributed by atoms with Gasteiger partial charge in [0.05, 0.1) is 0 Å². The molecule has 0 radical (unpaired) electrons. The molecular formula is C25H31N5O6. The molecule has 2 aliphatic heterocycles. The van der Waals surface area contributed by atoms with Crippen molar-refractivity contribution in [1.29, 1.82) is 0 Å². The van der Waals surface area contributed by atoms with Gasteiger partial charge in [-0.3, -0.25) is 14.8 Å². The van der Waals surface area contributed by atoms with E-state index in [9.17, 15) is 14.4 Å². The van der Waals surface area contributed by atoms with Crippen LogP contribution in [0.3, 0.4) is 0 Å². The Kier molecular flexibility index (Phi) is 9.34. The fourth-order valence-corrected chi connectivity index (χ4v) is 4.00. The van der Waals surface area contributed by atoms with Crippen molar-refractivity contribution in [1.82, 2.24) is 14.9 Å². The van der Waals surface area contributed by atoms with Crippen LogP contribution in [0, 0.1) is 5.92 Å². The first kappa shape index (κ1) is 26.6. The van der Waals surface area contributed by atoms with E-state index in [1.54, 1.807) is 4.90 Å². The molecule has 1 atom stereocenters. The number of hydrogen-bond donors (Lipinski definition) is 3. The summed E-state index contributed by atoms with van der Waals surface area (Å²) in [5, 5.41) is 15.6. The van der Waals surface area contributed by atoms with E-state index < -0.39 is 11.9 Å². The minimum Gasteiger partial charge on any atom is -0.478 e. The number of H-pyrrole nitrogens is 1. The Morgan fingerprint density at radius 3 is 2.47 bits per heavy atom. The maximum absolute atomic E-state index is 13.2. The Bertz CT molecular complexity index is 1110. The number of aromatic nitrogens is 2. The second-order valence-corrected chi connectivity index (χ2v) is 8.29. The van der Waals surface area contributed by atoms with Gasteiger partial charge in [-0.2, -0.15) is 0 Å². The normalized spacial score (nSPS) is 16.7. The van der Waals surface area contributed by atoms with Crippen LogP contribution < -0.4 is 4.90 Å². The van der Waals surface area contributed by atoms with Gasteiger partial charge in [-0.05, 0) is 25.3 Å². The van der Waals surface area contributed by atoms with E-state index in [0.717, 1.165) is 24.4 Å². The van der Waals surface area contributed by atoms with Crippen LogP contribution in [0.5, 0.6) is 0 Å². The van der Waals surface area contributed by atoms with Crippen LogP contribution in [-0.2, 0) is 27.4 Å². The summed E-state index contributed by atoms with van der Waals surface area (Å²) in [6.07, 6.45) is 2.90. The number of aliphatic carboxylic acids is 2. The lowest BCUT2D eigenvalue weighted by Gasteiger charge is -2.39. The number of fused-ring (bicyclic) bond motifs is 3. The molecule has 192 valence electrons. The summed E-state index contributed by atoms with van der Waals surface area (Å²) in [6.45, 7) is 7.07. The number of carboxylic acid groups (broad SMARTS) is 2. The van der Waals surface area contributed by atoms with E-state index in [1.807, 2.05) is 17.9 Å². The number of aromatic amines is 1. The van der Waals surface area contributed by atoms with Crippen molar-refractivity contribution in [2.75, 3.05) is 31.1 Å². The average Bonchev–Trinajstić information content (AvgIpc) is 3.29. The van der Waals surface area contributed by atoms with E-state index in [-0.39, 0.29) is 6.03 Å². The predicted molar refractivity (Wildman–Crippen MR) is 133 cm³/mol. The van der Waals surface area contributed by atoms with E-state index in [2.05, 4.69) is 41.2 Å². The molecule has 0 spiro atoms. The van der Waals surface area contributed by atoms with Gasteiger partial charge in [-0.15, -0.1) is 0 Å². The molecular weight excluding hydrogens is 466 g/mol. The van der Waals surface area contributed by atoms with Gasteiger partial charge in [-0.25, -0.2) is 19.4 Å². The number of aliphatic imine (C=N–C) groups is 1. The third kappa shape index (κ3) is 6.79. The van der Waals surface area contributed by atoms with Crippen molar-refractivity contribution in [2.45, 2.75) is 33.3 Å². The van der Waals surface area contributed by atoms with Crippen molar-refractivity contribution in [3.63, 3.8) is 0 Å². The van der Waals surface area contributed by atoms with Crippen molar-refractivity contribution >= 4 is 29.6 Å². The third-order valence-corrected chi connectivity index (χ3v) is 5.50. The standard InChI is InChI=1S/C21H27N5O2.C4H4O4/c1-3-10-25-20-18(23-17(24-20)14-28-4-2)19-22-12-16(13-26(19)21(25)27)11-15-8-6-5-7-9-15;5-3(6)1-2-4(7)8/h5-9,16H,3-4,10-14H2,1-2H3,(H,23,24);1-2H,(H,5,6)(H,7,8). The Morgan fingerprint density at radius 2 is 1.86 bits per heavy atom. The van der Waals surface area contributed by atoms with Crippen LogP contribution in [-0.4, -0.2) is 75.1 Å². The summed E-state index contributed by atoms with van der Waals surface area (Å²) in [7, 11) is 0. The van der Waals surface area contributed by atoms with Crippen LogP contribution in [0.15, 0.2) is 47.5 Å². The molecule has 1 aromatic heterocycles. The van der Waals surface area contributed by atoms with Crippen LogP contribution in [0.1, 0.15) is 37.4 Å². The highest BCUT2D eigenvalue weighted by atomic mass is 16.5. The van der Waals surface area contributed by atoms with E-state index in [0.29, 0.717) is 62.6 Å². The summed E-state index contributed by atoms with van der Waals surface area (Å²) in [5.74, 6) is -0.0765. The molecule has 1 aromatic carbocycles. The SMILES string of the molecule is CCCN1C(=O)N2CC(Cc3ccccc3)CN=C2c2[nH]c(COCC)nc21.O=C(O)C=CC(=O)O. The van der Waals surface area contributed by atoms with E-state index >= 15 is 0 Å². The highest BCUT2D eigenvalue weighted by molar-refractivity contribution is 6.17. The number of imidazole rings is 1. The summed E-state index contributed by atoms with van der Waals surface area (Å²) in [5.41, 5.74) is 2.11. The summed E-state index contributed by atoms with van der Waals surface area (Å²) >= 11 is 0. The fraction of sp³-hybridized carbons (Fsp3) is 0.400. The lowest BCUT2D eigenvalue weighted by molar-refractivity contribution is -0.134. The number of urea groups is 1. The molecule has 3 heterocycles. The zero-order valence-electron chi connectivity index (χ0n) is 20.4. The maximum atomic E-state index is 13.2. The number of benzene rings is 1. The first-order valence-electron chi connectivity index (χ1n) is 11.8. The van der Waals surface area contributed by atoms with Gasteiger partial charge < -0.3 is 19.9 Å². The molecule has 11 nitrogen and oxygen atoms in total. The summed E-state index contributed by atoms with van der Waals surface area (Å²) in [4.78, 5) is 48.7. The number of amidine groups is 1. The fourth-order valence-electron chi connectivity index (χ4n) is 4.00. The highest BCUT2D eigenvalue weighted by Crippen LogP contribution is 2.31. The number of hydrogen-bond acceptors (Lipinski definition) is 6. The second-order valence-electron chi connectivity index (χ2n) is 8.29. The van der Waals surface area contributed by atoms with Gasteiger partial charge in [0.2, 0.25) is 0 Å². The van der Waals surface area contributed by atoms with Crippen molar-refractivity contribution < 1.29 is 29.3 Å². The molecule has 1 unspecified atom stereocenters. The second kappa shape index (κ2) is 12.6. The first-order chi connectivity index (χ1) is 17.3. The largest absolute Gasteiger partial charge is 0.478 e. The van der Waals surface area contributed by atoms with Crippen molar-refractivity contribution in [2.24, 2.45) is 10.9 Å². The average molecular weight is 498 g/mol. The number of anilines is 1. The number of nitrogens with zero attached hydrogens (tertiary/aromatic N) is 4. The molecule has 2 aromatic rings. The molecule has 2 amide bonds. The lowest BCUT2D eigenvalue weighted by Crippen LogP contribution is -2.55. The van der Waals surface area contributed by atoms with Crippen LogP contribution in [0.25, 0.3) is 0 Å². The number of amides is 2. The zero-order chi connectivity index (χ0) is 26.1. The number of rotatable bonds is 9. The van der Waals surface area contributed by atoms with Crippen molar-refractivity contribution in [3.8, 4) is 0 Å². The Hall–Kier alpha value is -3.99. The smallest absolute Gasteiger partial charge is 0.331 e. The minimum absolute atomic E-state index is 0.0275. The predicted octanol–water partition coefficient (Wildman–Crippen LogP) is 2.93. The molecule has 11 heteroatoms. The van der Waals surface area contributed by atoms with Crippen LogP contribution >= 0.6 is 0 Å². The van der Waals surface area contributed by atoms with Crippen molar-refractivity contribution in [3.05, 3.63) is 59.6 Å². The van der Waals surface area contributed by atoms with Gasteiger partial charge in [0, 0.05) is 44.3 Å². The van der Waals surface area contributed by atoms with E-state index in [4.69, 9.17) is 19.9 Å². The van der Waals surface area contributed by atoms with E-state index in [1.165, 1.54) is 5.56 Å². The Balaban J connectivity index is 0.000000392. The molecule has 3 N–H and O–H groups in total. The molecule has 0 bridgehead atoms. The highest BCUT2D eigenvalue weighted by Gasteiger charge is 2.40. The maximum Gasteiger partial charge on any atom is 0.331 e. The summed E-state index contributed by atoms with van der Waals surface area (Å²) < 4.78 is 5.49. The molecule has 4 rings (SSSR count). The van der Waals surface area contributed by atoms with Gasteiger partial charge in [0.15, 0.2) is 11.7 Å². The topological polar surface area (TPSA) is 148 Å². The van der Waals surface area contributed by atoms with Gasteiger partial charge in [0.25, 0.3) is 0 Å². The number of ether oxygens (including phenoxy) is 1. The number of carbonyl (C=O) groups is 3. The molecule has 0 saturated heterocycles.